The van der Waals surface area contributed by atoms with Crippen LogP contribution in [0.3, 0.4) is 0 Å². The highest BCUT2D eigenvalue weighted by Crippen LogP contribution is 2.37. The van der Waals surface area contributed by atoms with Crippen LogP contribution in [0.2, 0.25) is 0 Å². The number of nitrogens with zero attached hydrogens (tertiary/aromatic N) is 2. The molecule has 2 rings (SSSR count). The van der Waals surface area contributed by atoms with Crippen molar-refractivity contribution >= 4 is 27.5 Å². The summed E-state index contributed by atoms with van der Waals surface area (Å²) < 4.78 is 22.0. The Morgan fingerprint density at radius 1 is 1.31 bits per heavy atom. The zero-order chi connectivity index (χ0) is 11.7. The molecule has 0 heterocycles. The molecule has 0 fully saturated rings. The molecule has 0 bridgehead atoms. The summed E-state index contributed by atoms with van der Waals surface area (Å²) in [5, 5.41) is 19.1. The minimum Gasteiger partial charge on any atom is -0.768 e. The summed E-state index contributed by atoms with van der Waals surface area (Å²) in [6, 6.07) is 7.55. The van der Waals surface area contributed by atoms with E-state index < -0.39 is 11.1 Å². The summed E-state index contributed by atoms with van der Waals surface area (Å²) in [6.07, 6.45) is 0. The predicted molar refractivity (Wildman–Crippen MR) is 57.5 cm³/mol. The van der Waals surface area contributed by atoms with Gasteiger partial charge in [-0.1, -0.05) is 24.3 Å². The number of phenols is 1. The normalized spacial score (nSPS) is 12.2. The van der Waals surface area contributed by atoms with Gasteiger partial charge >= 0.3 is 5.69 Å². The van der Waals surface area contributed by atoms with Crippen LogP contribution in [0.25, 0.3) is 15.7 Å². The Labute approximate surface area is 93.2 Å². The lowest BCUT2D eigenvalue weighted by Crippen LogP contribution is -1.90. The van der Waals surface area contributed by atoms with Gasteiger partial charge in [0.2, 0.25) is 11.1 Å². The molecule has 2 aromatic carbocycles. The fraction of sp³-hybridized carbons (Fsp3) is 0. The van der Waals surface area contributed by atoms with Crippen LogP contribution in [0.5, 0.6) is 5.75 Å². The minimum atomic E-state index is -2.46. The number of hydrogen-bond donors (Lipinski definition) is 1. The third-order valence-electron chi connectivity index (χ3n) is 2.25. The van der Waals surface area contributed by atoms with Crippen molar-refractivity contribution in [2.75, 3.05) is 0 Å². The monoisotopic (exact) mass is 234 g/mol. The summed E-state index contributed by atoms with van der Waals surface area (Å²) >= 11 is -2.46. The quantitative estimate of drug-likeness (QED) is 0.605. The van der Waals surface area contributed by atoms with Crippen molar-refractivity contribution < 1.29 is 13.9 Å². The molecule has 2 aromatic rings. The Bertz CT molecular complexity index is 634. The smallest absolute Gasteiger partial charge is 0.427 e. The maximum Gasteiger partial charge on any atom is 0.427 e. The topological polar surface area (TPSA) is 88.5 Å². The van der Waals surface area contributed by atoms with Crippen LogP contribution in [0.1, 0.15) is 0 Å². The van der Waals surface area contributed by atoms with Crippen LogP contribution in [0.15, 0.2) is 35.2 Å². The van der Waals surface area contributed by atoms with Crippen molar-refractivity contribution in [1.29, 1.82) is 5.39 Å². The van der Waals surface area contributed by atoms with E-state index in [0.717, 1.165) is 6.07 Å². The number of benzene rings is 2. The van der Waals surface area contributed by atoms with Gasteiger partial charge in [-0.3, -0.25) is 4.21 Å². The molecule has 0 saturated heterocycles. The van der Waals surface area contributed by atoms with Crippen molar-refractivity contribution in [2.45, 2.75) is 4.90 Å². The van der Waals surface area contributed by atoms with Crippen molar-refractivity contribution in [1.82, 2.24) is 0 Å². The Hall–Kier alpha value is -1.97. The van der Waals surface area contributed by atoms with Crippen LogP contribution in [-0.4, -0.2) is 13.9 Å². The molecule has 1 unspecified atom stereocenters. The summed E-state index contributed by atoms with van der Waals surface area (Å²) in [5.74, 6) is -0.243. The number of hydrogen-bond acceptors (Lipinski definition) is 4. The highest BCUT2D eigenvalue weighted by molar-refractivity contribution is 7.79. The van der Waals surface area contributed by atoms with Crippen molar-refractivity contribution in [3.8, 4) is 5.75 Å². The number of phenolic OH excluding ortho intramolecular Hbond substituents is 1. The number of rotatable bonds is 1. The molecular formula is C10H6N2O3S. The first kappa shape index (κ1) is 10.5. The molecule has 0 saturated carbocycles. The van der Waals surface area contributed by atoms with E-state index in [1.807, 2.05) is 0 Å². The van der Waals surface area contributed by atoms with Gasteiger partial charge in [0.05, 0.1) is 6.07 Å². The van der Waals surface area contributed by atoms with Gasteiger partial charge in [0.15, 0.2) is 4.98 Å². The third-order valence-corrected chi connectivity index (χ3v) is 2.94. The first-order chi connectivity index (χ1) is 7.65. The van der Waals surface area contributed by atoms with E-state index in [4.69, 9.17) is 5.39 Å². The highest BCUT2D eigenvalue weighted by Gasteiger charge is 2.19. The van der Waals surface area contributed by atoms with Gasteiger partial charge < -0.3 is 9.66 Å². The zero-order valence-electron chi connectivity index (χ0n) is 7.95. The van der Waals surface area contributed by atoms with E-state index in [1.54, 1.807) is 24.3 Å². The van der Waals surface area contributed by atoms with Crippen LogP contribution in [-0.2, 0) is 11.1 Å². The molecule has 0 radical (unpaired) electrons. The Kier molecular flexibility index (Phi) is 2.56. The molecule has 5 nitrogen and oxygen atoms in total. The van der Waals surface area contributed by atoms with Gasteiger partial charge in [0.1, 0.15) is 0 Å². The highest BCUT2D eigenvalue weighted by atomic mass is 32.2. The fourth-order valence-electron chi connectivity index (χ4n) is 1.53. The minimum absolute atomic E-state index is 0.0128. The molecule has 1 N–H and O–H groups in total. The van der Waals surface area contributed by atoms with E-state index in [9.17, 15) is 13.9 Å². The molecule has 16 heavy (non-hydrogen) atoms. The standard InChI is InChI=1S/C10H6N2O3S/c11-12-8-5-9(16(14)15)6-3-1-2-4-7(6)10(8)13/h1-5H,(H-,13,14,15). The molecule has 0 spiro atoms. The van der Waals surface area contributed by atoms with E-state index in [0.29, 0.717) is 10.8 Å². The summed E-state index contributed by atoms with van der Waals surface area (Å²) in [5.41, 5.74) is -0.169. The molecule has 0 aliphatic carbocycles. The average Bonchev–Trinajstić information content (AvgIpc) is 2.29. The first-order valence-electron chi connectivity index (χ1n) is 4.34. The molecule has 1 atom stereocenters. The van der Waals surface area contributed by atoms with Gasteiger partial charge in [0, 0.05) is 15.7 Å². The lowest BCUT2D eigenvalue weighted by molar-refractivity contribution is 0.484. The predicted octanol–water partition coefficient (Wildman–Crippen LogP) is 2.27. The van der Waals surface area contributed by atoms with E-state index in [1.165, 1.54) is 0 Å². The van der Waals surface area contributed by atoms with Crippen molar-refractivity contribution in [3.63, 3.8) is 0 Å². The molecular weight excluding hydrogens is 228 g/mol. The van der Waals surface area contributed by atoms with Gasteiger partial charge in [0.25, 0.3) is 0 Å². The molecule has 0 aliphatic rings. The van der Waals surface area contributed by atoms with Gasteiger partial charge in [-0.2, -0.15) is 0 Å². The number of diazo groups is 1. The van der Waals surface area contributed by atoms with E-state index >= 15 is 0 Å². The van der Waals surface area contributed by atoms with E-state index in [2.05, 4.69) is 4.98 Å². The Morgan fingerprint density at radius 2 is 1.94 bits per heavy atom. The van der Waals surface area contributed by atoms with E-state index in [-0.39, 0.29) is 16.3 Å². The lowest BCUT2D eigenvalue weighted by atomic mass is 10.1. The first-order valence-corrected chi connectivity index (χ1v) is 5.41. The van der Waals surface area contributed by atoms with Crippen LogP contribution < -0.4 is 0 Å². The summed E-state index contributed by atoms with van der Waals surface area (Å²) in [7, 11) is 0. The van der Waals surface area contributed by atoms with Crippen LogP contribution in [0, 0.1) is 5.39 Å². The maximum atomic E-state index is 11.0. The Morgan fingerprint density at radius 3 is 2.50 bits per heavy atom. The lowest BCUT2D eigenvalue weighted by Gasteiger charge is -2.08. The fourth-order valence-corrected chi connectivity index (χ4v) is 2.09. The second-order valence-electron chi connectivity index (χ2n) is 3.12. The zero-order valence-corrected chi connectivity index (χ0v) is 8.77. The molecule has 0 aromatic heterocycles. The second kappa shape index (κ2) is 3.89. The molecule has 0 aliphatic heterocycles. The average molecular weight is 234 g/mol. The second-order valence-corrected chi connectivity index (χ2v) is 4.03. The summed E-state index contributed by atoms with van der Waals surface area (Å²) in [6.45, 7) is 0. The molecule has 0 amide bonds. The largest absolute Gasteiger partial charge is 0.768 e. The van der Waals surface area contributed by atoms with Crippen molar-refractivity contribution in [2.24, 2.45) is 0 Å². The summed E-state index contributed by atoms with van der Waals surface area (Å²) in [4.78, 5) is 2.83. The van der Waals surface area contributed by atoms with Gasteiger partial charge in [-0.05, 0) is 11.1 Å². The number of fused-ring (bicyclic) bond motifs is 1. The van der Waals surface area contributed by atoms with Gasteiger partial charge in [-0.15, -0.1) is 0 Å². The SMILES string of the molecule is N#[N+]c1cc(S(=O)[O-])c2ccccc2c1O. The van der Waals surface area contributed by atoms with Crippen LogP contribution >= 0.6 is 0 Å². The molecule has 80 valence electrons. The third kappa shape index (κ3) is 1.52. The van der Waals surface area contributed by atoms with Crippen LogP contribution in [0.4, 0.5) is 5.69 Å². The maximum absolute atomic E-state index is 11.0. The van der Waals surface area contributed by atoms with Crippen molar-refractivity contribution in [3.05, 3.63) is 35.3 Å². The number of aromatic hydroxyl groups is 1. The Balaban J connectivity index is 2.97. The van der Waals surface area contributed by atoms with Gasteiger partial charge in [-0.25, -0.2) is 0 Å². The molecule has 6 heteroatoms.